The van der Waals surface area contributed by atoms with Crippen molar-refractivity contribution in [2.45, 2.75) is 25.4 Å². The van der Waals surface area contributed by atoms with Crippen LogP contribution in [0.25, 0.3) is 0 Å². The molecule has 0 spiro atoms. The number of amides is 1. The van der Waals surface area contributed by atoms with E-state index >= 15 is 0 Å². The molecule has 21 heavy (non-hydrogen) atoms. The SMILES string of the molecule is CN(CCCCCN)C(=O)c1ccc(F)c(C(F)(F)F)c1. The van der Waals surface area contributed by atoms with Gasteiger partial charge in [-0.15, -0.1) is 0 Å². The number of carbonyl (C=O) groups is 1. The van der Waals surface area contributed by atoms with Crippen LogP contribution in [0.5, 0.6) is 0 Å². The van der Waals surface area contributed by atoms with Crippen molar-refractivity contribution in [1.29, 1.82) is 0 Å². The summed E-state index contributed by atoms with van der Waals surface area (Å²) in [7, 11) is 1.50. The summed E-state index contributed by atoms with van der Waals surface area (Å²) in [6.07, 6.45) is -2.44. The average Bonchev–Trinajstić information content (AvgIpc) is 2.42. The lowest BCUT2D eigenvalue weighted by atomic mass is 10.1. The van der Waals surface area contributed by atoms with E-state index < -0.39 is 23.5 Å². The average molecular weight is 306 g/mol. The zero-order valence-corrected chi connectivity index (χ0v) is 11.7. The molecule has 3 nitrogen and oxygen atoms in total. The summed E-state index contributed by atoms with van der Waals surface area (Å²) in [5.74, 6) is -1.95. The summed E-state index contributed by atoms with van der Waals surface area (Å²) in [5.41, 5.74) is 3.74. The Morgan fingerprint density at radius 1 is 1.24 bits per heavy atom. The predicted octanol–water partition coefficient (Wildman–Crippen LogP) is 3.05. The molecule has 118 valence electrons. The van der Waals surface area contributed by atoms with Crippen molar-refractivity contribution < 1.29 is 22.4 Å². The lowest BCUT2D eigenvalue weighted by Crippen LogP contribution is -2.28. The number of unbranched alkanes of at least 4 members (excludes halogenated alkanes) is 2. The molecule has 0 aliphatic rings. The third-order valence-electron chi connectivity index (χ3n) is 3.06. The molecule has 0 aliphatic carbocycles. The number of carbonyl (C=O) groups excluding carboxylic acids is 1. The van der Waals surface area contributed by atoms with Gasteiger partial charge in [-0.05, 0) is 37.6 Å². The molecule has 7 heteroatoms. The van der Waals surface area contributed by atoms with Gasteiger partial charge in [0.05, 0.1) is 5.56 Å². The van der Waals surface area contributed by atoms with Gasteiger partial charge in [0.15, 0.2) is 0 Å². The number of benzene rings is 1. The van der Waals surface area contributed by atoms with Gasteiger partial charge < -0.3 is 10.6 Å². The minimum atomic E-state index is -4.82. The monoisotopic (exact) mass is 306 g/mol. The van der Waals surface area contributed by atoms with Gasteiger partial charge in [-0.3, -0.25) is 4.79 Å². The van der Waals surface area contributed by atoms with Crippen LogP contribution in [-0.2, 0) is 6.18 Å². The fraction of sp³-hybridized carbons (Fsp3) is 0.500. The first-order chi connectivity index (χ1) is 9.77. The molecule has 0 bridgehead atoms. The Labute approximate surface area is 120 Å². The Bertz CT molecular complexity index is 488. The highest BCUT2D eigenvalue weighted by molar-refractivity contribution is 5.94. The number of nitrogens with zero attached hydrogens (tertiary/aromatic N) is 1. The van der Waals surface area contributed by atoms with Crippen LogP contribution < -0.4 is 5.73 Å². The maximum atomic E-state index is 13.2. The van der Waals surface area contributed by atoms with E-state index in [0.717, 1.165) is 18.9 Å². The maximum Gasteiger partial charge on any atom is 0.419 e. The number of nitrogens with two attached hydrogens (primary N) is 1. The third kappa shape index (κ3) is 5.00. The van der Waals surface area contributed by atoms with Gasteiger partial charge in [-0.1, -0.05) is 6.42 Å². The fourth-order valence-corrected chi connectivity index (χ4v) is 1.87. The number of alkyl halides is 3. The van der Waals surface area contributed by atoms with Crippen molar-refractivity contribution >= 4 is 5.91 Å². The second-order valence-electron chi connectivity index (χ2n) is 4.77. The molecule has 0 aromatic heterocycles. The van der Waals surface area contributed by atoms with E-state index in [0.29, 0.717) is 31.6 Å². The lowest BCUT2D eigenvalue weighted by molar-refractivity contribution is -0.140. The smallest absolute Gasteiger partial charge is 0.342 e. The molecule has 0 radical (unpaired) electrons. The van der Waals surface area contributed by atoms with Crippen LogP contribution in [0.3, 0.4) is 0 Å². The molecule has 1 amide bonds. The molecule has 0 atom stereocenters. The van der Waals surface area contributed by atoms with Crippen molar-refractivity contribution in [3.8, 4) is 0 Å². The molecular weight excluding hydrogens is 288 g/mol. The van der Waals surface area contributed by atoms with E-state index in [1.807, 2.05) is 0 Å². The van der Waals surface area contributed by atoms with Gasteiger partial charge in [0.25, 0.3) is 5.91 Å². The summed E-state index contributed by atoms with van der Waals surface area (Å²) in [6.45, 7) is 0.974. The predicted molar refractivity (Wildman–Crippen MR) is 71.3 cm³/mol. The molecule has 1 rings (SSSR count). The highest BCUT2D eigenvalue weighted by atomic mass is 19.4. The molecule has 0 aliphatic heterocycles. The van der Waals surface area contributed by atoms with Crippen molar-refractivity contribution in [3.63, 3.8) is 0 Å². The summed E-state index contributed by atoms with van der Waals surface area (Å²) in [5, 5.41) is 0. The highest BCUT2D eigenvalue weighted by Crippen LogP contribution is 2.32. The summed E-state index contributed by atoms with van der Waals surface area (Å²) < 4.78 is 51.0. The van der Waals surface area contributed by atoms with Crippen LogP contribution in [0.2, 0.25) is 0 Å². The minimum absolute atomic E-state index is 0.176. The second kappa shape index (κ2) is 7.40. The van der Waals surface area contributed by atoms with Gasteiger partial charge in [-0.2, -0.15) is 13.2 Å². The molecule has 0 saturated carbocycles. The second-order valence-corrected chi connectivity index (χ2v) is 4.77. The first-order valence-corrected chi connectivity index (χ1v) is 6.59. The quantitative estimate of drug-likeness (QED) is 0.648. The van der Waals surface area contributed by atoms with E-state index in [9.17, 15) is 22.4 Å². The Kier molecular flexibility index (Phi) is 6.14. The molecule has 1 aromatic carbocycles. The van der Waals surface area contributed by atoms with Gasteiger partial charge >= 0.3 is 6.18 Å². The van der Waals surface area contributed by atoms with E-state index in [-0.39, 0.29) is 5.56 Å². The summed E-state index contributed by atoms with van der Waals surface area (Å²) >= 11 is 0. The van der Waals surface area contributed by atoms with E-state index in [2.05, 4.69) is 0 Å². The Balaban J connectivity index is 2.78. The van der Waals surface area contributed by atoms with Crippen LogP contribution in [0.4, 0.5) is 17.6 Å². The maximum absolute atomic E-state index is 13.2. The summed E-state index contributed by atoms with van der Waals surface area (Å²) in [4.78, 5) is 13.3. The molecule has 2 N–H and O–H groups in total. The highest BCUT2D eigenvalue weighted by Gasteiger charge is 2.34. The molecule has 0 unspecified atom stereocenters. The lowest BCUT2D eigenvalue weighted by Gasteiger charge is -2.18. The first kappa shape index (κ1) is 17.4. The number of halogens is 4. The zero-order valence-electron chi connectivity index (χ0n) is 11.7. The molecular formula is C14H18F4N2O. The summed E-state index contributed by atoms with van der Waals surface area (Å²) in [6, 6.07) is 2.27. The molecule has 0 fully saturated rings. The van der Waals surface area contributed by atoms with Crippen LogP contribution in [-0.4, -0.2) is 30.9 Å². The molecule has 0 saturated heterocycles. The van der Waals surface area contributed by atoms with Crippen LogP contribution >= 0.6 is 0 Å². The minimum Gasteiger partial charge on any atom is -0.342 e. The van der Waals surface area contributed by atoms with Crippen molar-refractivity contribution in [1.82, 2.24) is 4.90 Å². The van der Waals surface area contributed by atoms with Gasteiger partial charge in [0, 0.05) is 19.2 Å². The molecule has 1 aromatic rings. The van der Waals surface area contributed by atoms with E-state index in [1.165, 1.54) is 11.9 Å². The third-order valence-corrected chi connectivity index (χ3v) is 3.06. The van der Waals surface area contributed by atoms with E-state index in [1.54, 1.807) is 0 Å². The largest absolute Gasteiger partial charge is 0.419 e. The Morgan fingerprint density at radius 3 is 2.48 bits per heavy atom. The van der Waals surface area contributed by atoms with Crippen LogP contribution in [0, 0.1) is 5.82 Å². The zero-order chi connectivity index (χ0) is 16.0. The van der Waals surface area contributed by atoms with Crippen LogP contribution in [0.1, 0.15) is 35.2 Å². The fourth-order valence-electron chi connectivity index (χ4n) is 1.87. The van der Waals surface area contributed by atoms with Gasteiger partial charge in [0.1, 0.15) is 5.82 Å². The number of hydrogen-bond donors (Lipinski definition) is 1. The van der Waals surface area contributed by atoms with Gasteiger partial charge in [-0.25, -0.2) is 4.39 Å². The van der Waals surface area contributed by atoms with Crippen LogP contribution in [0.15, 0.2) is 18.2 Å². The number of hydrogen-bond acceptors (Lipinski definition) is 2. The number of rotatable bonds is 6. The first-order valence-electron chi connectivity index (χ1n) is 6.59. The van der Waals surface area contributed by atoms with Crippen molar-refractivity contribution in [2.24, 2.45) is 5.73 Å². The topological polar surface area (TPSA) is 46.3 Å². The van der Waals surface area contributed by atoms with E-state index in [4.69, 9.17) is 5.73 Å². The Hall–Kier alpha value is -1.63. The molecule has 0 heterocycles. The standard InChI is InChI=1S/C14H18F4N2O/c1-20(8-4-2-3-7-19)13(21)10-5-6-12(15)11(9-10)14(16,17)18/h5-6,9H,2-4,7-8,19H2,1H3. The van der Waals surface area contributed by atoms with Gasteiger partial charge in [0.2, 0.25) is 0 Å². The normalized spacial score (nSPS) is 11.5. The van der Waals surface area contributed by atoms with Crippen molar-refractivity contribution in [3.05, 3.63) is 35.1 Å². The Morgan fingerprint density at radius 2 is 1.90 bits per heavy atom. The van der Waals surface area contributed by atoms with Crippen molar-refractivity contribution in [2.75, 3.05) is 20.1 Å².